The molecular weight excluding hydrogens is 394 g/mol. The second-order valence-corrected chi connectivity index (χ2v) is 8.38. The number of aryl methyl sites for hydroxylation is 1. The largest absolute Gasteiger partial charge is 0.351 e. The molecule has 2 aromatic heterocycles. The summed E-state index contributed by atoms with van der Waals surface area (Å²) in [5.41, 5.74) is 2.04. The Kier molecular flexibility index (Phi) is 5.83. The van der Waals surface area contributed by atoms with Crippen LogP contribution in [0.1, 0.15) is 54.7 Å². The molecule has 3 N–H and O–H groups in total. The molecule has 162 valence electrons. The van der Waals surface area contributed by atoms with Gasteiger partial charge in [0.25, 0.3) is 5.91 Å². The van der Waals surface area contributed by atoms with Gasteiger partial charge < -0.3 is 10.2 Å². The van der Waals surface area contributed by atoms with Gasteiger partial charge in [-0.25, -0.2) is 4.98 Å². The zero-order chi connectivity index (χ0) is 22.0. The van der Waals surface area contributed by atoms with Crippen LogP contribution in [0.4, 0.5) is 0 Å². The van der Waals surface area contributed by atoms with Gasteiger partial charge in [-0.2, -0.15) is 10.2 Å². The van der Waals surface area contributed by atoms with Gasteiger partial charge in [-0.1, -0.05) is 44.2 Å². The summed E-state index contributed by atoms with van der Waals surface area (Å²) in [6.07, 6.45) is 2.57. The molecule has 9 nitrogen and oxygen atoms in total. The summed E-state index contributed by atoms with van der Waals surface area (Å²) in [4.78, 5) is 32.1. The Hall–Kier alpha value is -3.49. The maximum absolute atomic E-state index is 13.6. The van der Waals surface area contributed by atoms with E-state index in [-0.39, 0.29) is 29.8 Å². The third kappa shape index (κ3) is 4.50. The summed E-state index contributed by atoms with van der Waals surface area (Å²) < 4.78 is 0. The molecule has 0 saturated carbocycles. The Balaban J connectivity index is 1.61. The van der Waals surface area contributed by atoms with Crippen LogP contribution in [0, 0.1) is 12.8 Å². The highest BCUT2D eigenvalue weighted by Gasteiger charge is 2.40. The van der Waals surface area contributed by atoms with Gasteiger partial charge >= 0.3 is 0 Å². The van der Waals surface area contributed by atoms with Crippen molar-refractivity contribution in [3.63, 3.8) is 0 Å². The van der Waals surface area contributed by atoms with Gasteiger partial charge in [0.15, 0.2) is 5.82 Å². The van der Waals surface area contributed by atoms with Gasteiger partial charge in [0.2, 0.25) is 5.91 Å². The van der Waals surface area contributed by atoms with Crippen molar-refractivity contribution in [2.24, 2.45) is 5.92 Å². The van der Waals surface area contributed by atoms with Crippen LogP contribution >= 0.6 is 0 Å². The summed E-state index contributed by atoms with van der Waals surface area (Å²) in [5.74, 6) is 1.33. The van der Waals surface area contributed by atoms with Gasteiger partial charge in [0.1, 0.15) is 5.82 Å². The van der Waals surface area contributed by atoms with Crippen LogP contribution in [0.2, 0.25) is 0 Å². The second-order valence-electron chi connectivity index (χ2n) is 8.38. The third-order valence-corrected chi connectivity index (χ3v) is 5.37. The summed E-state index contributed by atoms with van der Waals surface area (Å²) >= 11 is 0. The number of aromatic amines is 2. The molecular formula is C22H27N7O2. The topological polar surface area (TPSA) is 120 Å². The first-order valence-electron chi connectivity index (χ1n) is 10.5. The highest BCUT2D eigenvalue weighted by atomic mass is 16.2. The predicted molar refractivity (Wildman–Crippen MR) is 115 cm³/mol. The third-order valence-electron chi connectivity index (χ3n) is 5.37. The van der Waals surface area contributed by atoms with E-state index in [4.69, 9.17) is 0 Å². The van der Waals surface area contributed by atoms with E-state index in [0.717, 1.165) is 5.56 Å². The minimum atomic E-state index is -0.333. The first kappa shape index (κ1) is 20.8. The fourth-order valence-electron chi connectivity index (χ4n) is 4.00. The molecule has 0 bridgehead atoms. The number of nitrogens with one attached hydrogen (secondary N) is 3. The van der Waals surface area contributed by atoms with Crippen LogP contribution in [0.25, 0.3) is 11.3 Å². The predicted octanol–water partition coefficient (Wildman–Crippen LogP) is 2.62. The van der Waals surface area contributed by atoms with Crippen LogP contribution in [-0.4, -0.2) is 54.7 Å². The van der Waals surface area contributed by atoms with Crippen LogP contribution in [0.15, 0.2) is 36.5 Å². The molecule has 0 spiro atoms. The number of carbonyl (C=O) groups excluding carboxylic acids is 2. The Morgan fingerprint density at radius 2 is 2.00 bits per heavy atom. The number of nitrogens with zero attached hydrogens (tertiary/aromatic N) is 4. The lowest BCUT2D eigenvalue weighted by molar-refractivity contribution is -0.122. The molecule has 2 atom stereocenters. The van der Waals surface area contributed by atoms with Crippen molar-refractivity contribution in [3.05, 3.63) is 53.7 Å². The lowest BCUT2D eigenvalue weighted by atomic mass is 10.1. The molecule has 0 aliphatic carbocycles. The summed E-state index contributed by atoms with van der Waals surface area (Å²) in [6, 6.07) is 9.12. The zero-order valence-corrected chi connectivity index (χ0v) is 17.9. The monoisotopic (exact) mass is 421 g/mol. The molecule has 0 unspecified atom stereocenters. The van der Waals surface area contributed by atoms with E-state index in [9.17, 15) is 9.59 Å². The molecule has 1 aliphatic heterocycles. The lowest BCUT2D eigenvalue weighted by Gasteiger charge is -2.22. The molecule has 1 saturated heterocycles. The normalized spacial score (nSPS) is 18.5. The Labute approximate surface area is 180 Å². The van der Waals surface area contributed by atoms with Crippen LogP contribution in [0.5, 0.6) is 0 Å². The van der Waals surface area contributed by atoms with Gasteiger partial charge in [-0.05, 0) is 19.3 Å². The molecule has 31 heavy (non-hydrogen) atoms. The number of hydrogen-bond donors (Lipinski definition) is 3. The van der Waals surface area contributed by atoms with Crippen molar-refractivity contribution >= 4 is 11.8 Å². The minimum Gasteiger partial charge on any atom is -0.351 e. The van der Waals surface area contributed by atoms with Gasteiger partial charge in [-0.15, -0.1) is 0 Å². The van der Waals surface area contributed by atoms with E-state index < -0.39 is 0 Å². The first-order chi connectivity index (χ1) is 14.9. The fourth-order valence-corrected chi connectivity index (χ4v) is 4.00. The van der Waals surface area contributed by atoms with E-state index in [1.165, 1.54) is 0 Å². The molecule has 1 fully saturated rings. The number of likely N-dealkylation sites (tertiary alicyclic amines) is 1. The van der Waals surface area contributed by atoms with Crippen molar-refractivity contribution in [2.75, 3.05) is 6.54 Å². The molecule has 4 rings (SSSR count). The van der Waals surface area contributed by atoms with Crippen molar-refractivity contribution in [3.8, 4) is 11.3 Å². The van der Waals surface area contributed by atoms with E-state index in [1.54, 1.807) is 11.1 Å². The summed E-state index contributed by atoms with van der Waals surface area (Å²) in [6.45, 7) is 6.23. The Morgan fingerprint density at radius 3 is 2.68 bits per heavy atom. The minimum absolute atomic E-state index is 0.00694. The molecule has 2 amide bonds. The maximum Gasteiger partial charge on any atom is 0.258 e. The van der Waals surface area contributed by atoms with E-state index in [2.05, 4.69) is 30.7 Å². The number of rotatable bonds is 6. The highest BCUT2D eigenvalue weighted by Crippen LogP contribution is 2.33. The number of carbonyl (C=O) groups is 2. The lowest BCUT2D eigenvalue weighted by Crippen LogP contribution is -2.39. The van der Waals surface area contributed by atoms with Crippen LogP contribution < -0.4 is 5.32 Å². The molecule has 9 heteroatoms. The SMILES string of the molecule is Cc1nc([C@@H]2C[C@H](NC(=O)CC(C)C)CN2C(=O)c2cn[nH]c2-c2ccccc2)n[nH]1. The summed E-state index contributed by atoms with van der Waals surface area (Å²) in [5, 5.41) is 17.3. The standard InChI is InChI=1S/C22H27N7O2/c1-13(2)9-19(30)25-16-10-18(21-24-14(3)26-28-21)29(12-16)22(31)17-11-23-27-20(17)15-7-5-4-6-8-15/h4-8,11,13,16,18H,9-10,12H2,1-3H3,(H,23,27)(H,25,30)(H,24,26,28)/t16-,18-/m0/s1. The summed E-state index contributed by atoms with van der Waals surface area (Å²) in [7, 11) is 0. The smallest absolute Gasteiger partial charge is 0.258 e. The average molecular weight is 422 g/mol. The maximum atomic E-state index is 13.6. The number of benzene rings is 1. The molecule has 1 aromatic carbocycles. The van der Waals surface area contributed by atoms with E-state index in [1.807, 2.05) is 51.1 Å². The second kappa shape index (κ2) is 8.71. The Morgan fingerprint density at radius 1 is 1.23 bits per heavy atom. The average Bonchev–Trinajstić information content (AvgIpc) is 3.46. The van der Waals surface area contributed by atoms with E-state index in [0.29, 0.717) is 42.3 Å². The van der Waals surface area contributed by atoms with Crippen molar-refractivity contribution < 1.29 is 9.59 Å². The quantitative estimate of drug-likeness (QED) is 0.565. The van der Waals surface area contributed by atoms with E-state index >= 15 is 0 Å². The Bertz CT molecular complexity index is 1060. The van der Waals surface area contributed by atoms with Crippen LogP contribution in [-0.2, 0) is 4.79 Å². The number of aromatic nitrogens is 5. The van der Waals surface area contributed by atoms with Gasteiger partial charge in [-0.3, -0.25) is 19.8 Å². The fraction of sp³-hybridized carbons (Fsp3) is 0.409. The highest BCUT2D eigenvalue weighted by molar-refractivity contribution is 6.00. The zero-order valence-electron chi connectivity index (χ0n) is 17.9. The van der Waals surface area contributed by atoms with Gasteiger partial charge in [0.05, 0.1) is 23.5 Å². The molecule has 3 aromatic rings. The number of H-pyrrole nitrogens is 2. The van der Waals surface area contributed by atoms with Crippen molar-refractivity contribution in [1.29, 1.82) is 0 Å². The van der Waals surface area contributed by atoms with Crippen molar-refractivity contribution in [1.82, 2.24) is 35.6 Å². The molecule has 3 heterocycles. The van der Waals surface area contributed by atoms with Crippen LogP contribution in [0.3, 0.4) is 0 Å². The molecule has 0 radical (unpaired) electrons. The number of amides is 2. The molecule has 1 aliphatic rings. The first-order valence-corrected chi connectivity index (χ1v) is 10.5. The van der Waals surface area contributed by atoms with Gasteiger partial charge in [0, 0.05) is 24.6 Å². The van der Waals surface area contributed by atoms with Crippen molar-refractivity contribution in [2.45, 2.75) is 45.7 Å². The number of hydrogen-bond acceptors (Lipinski definition) is 5.